The molecule has 2 aromatic carbocycles. The van der Waals surface area contributed by atoms with E-state index in [0.29, 0.717) is 34.2 Å². The number of rotatable bonds is 8. The molecule has 0 aliphatic carbocycles. The van der Waals surface area contributed by atoms with E-state index in [1.54, 1.807) is 22.8 Å². The number of hydrogen-bond acceptors (Lipinski definition) is 6. The van der Waals surface area contributed by atoms with E-state index in [1.165, 1.54) is 44.4 Å². The lowest BCUT2D eigenvalue weighted by Crippen LogP contribution is -2.24. The summed E-state index contributed by atoms with van der Waals surface area (Å²) in [6.45, 7) is 4.07. The number of amides is 1. The normalized spacial score (nSPS) is 10.9. The summed E-state index contributed by atoms with van der Waals surface area (Å²) in [6, 6.07) is 13.9. The zero-order valence-corrected chi connectivity index (χ0v) is 20.6. The molecule has 0 fully saturated rings. The van der Waals surface area contributed by atoms with Gasteiger partial charge in [-0.3, -0.25) is 19.4 Å². The number of carbonyl (C=O) groups is 2. The van der Waals surface area contributed by atoms with Crippen molar-refractivity contribution in [3.05, 3.63) is 94.0 Å². The van der Waals surface area contributed by atoms with Gasteiger partial charge in [-0.25, -0.2) is 0 Å². The van der Waals surface area contributed by atoms with Crippen molar-refractivity contribution in [1.82, 2.24) is 9.55 Å². The van der Waals surface area contributed by atoms with E-state index in [1.807, 2.05) is 24.3 Å². The second-order valence-corrected chi connectivity index (χ2v) is 8.61. The van der Waals surface area contributed by atoms with E-state index >= 15 is 0 Å². The third-order valence-corrected chi connectivity index (χ3v) is 5.95. The van der Waals surface area contributed by atoms with Crippen LogP contribution in [0.15, 0.2) is 71.9 Å². The summed E-state index contributed by atoms with van der Waals surface area (Å²) >= 11 is 0. The quantitative estimate of drug-likeness (QED) is 0.371. The molecule has 0 aliphatic heterocycles. The Morgan fingerprint density at radius 3 is 2.22 bits per heavy atom. The third kappa shape index (κ3) is 4.98. The number of aromatic nitrogens is 2. The van der Waals surface area contributed by atoms with Crippen LogP contribution in [0.5, 0.6) is 11.5 Å². The number of ether oxygens (including phenoxy) is 2. The highest BCUT2D eigenvalue weighted by Crippen LogP contribution is 2.31. The Balaban J connectivity index is 1.78. The van der Waals surface area contributed by atoms with Gasteiger partial charge in [-0.1, -0.05) is 26.0 Å². The Morgan fingerprint density at radius 1 is 0.972 bits per heavy atom. The molecule has 2 heterocycles. The number of fused-ring (bicyclic) bond motifs is 1. The number of nitrogens with zero attached hydrogens (tertiary/aromatic N) is 2. The van der Waals surface area contributed by atoms with E-state index in [4.69, 9.17) is 9.47 Å². The molecule has 1 N–H and O–H groups in total. The molecule has 4 rings (SSSR count). The summed E-state index contributed by atoms with van der Waals surface area (Å²) in [5.41, 5.74) is 2.06. The standard InChI is InChI=1S/C28H27N3O5/c1-17(2)18-5-7-20(8-6-18)30-26(32)16-31-15-22(27(33)19-9-11-29-12-10-19)28(34)21-13-24(35-3)25(36-4)14-23(21)31/h5-15,17H,16H2,1-4H3,(H,30,32). The van der Waals surface area contributed by atoms with Crippen LogP contribution in [-0.4, -0.2) is 35.5 Å². The average Bonchev–Trinajstić information content (AvgIpc) is 2.89. The summed E-state index contributed by atoms with van der Waals surface area (Å²) in [5, 5.41) is 3.12. The lowest BCUT2D eigenvalue weighted by Gasteiger charge is -2.16. The molecule has 0 saturated heterocycles. The first kappa shape index (κ1) is 24.7. The summed E-state index contributed by atoms with van der Waals surface area (Å²) in [4.78, 5) is 43.5. The van der Waals surface area contributed by atoms with E-state index < -0.39 is 11.2 Å². The number of carbonyl (C=O) groups excluding carboxylic acids is 2. The second-order valence-electron chi connectivity index (χ2n) is 8.61. The van der Waals surface area contributed by atoms with Crippen molar-refractivity contribution in [2.45, 2.75) is 26.3 Å². The van der Waals surface area contributed by atoms with Crippen molar-refractivity contribution < 1.29 is 19.1 Å². The highest BCUT2D eigenvalue weighted by molar-refractivity contribution is 6.10. The Labute approximate surface area is 208 Å². The van der Waals surface area contributed by atoms with Crippen LogP contribution in [0.3, 0.4) is 0 Å². The summed E-state index contributed by atoms with van der Waals surface area (Å²) in [6.07, 6.45) is 4.39. The minimum absolute atomic E-state index is 0.0602. The van der Waals surface area contributed by atoms with E-state index in [2.05, 4.69) is 24.1 Å². The van der Waals surface area contributed by atoms with E-state index in [9.17, 15) is 14.4 Å². The maximum absolute atomic E-state index is 13.4. The number of nitrogens with one attached hydrogen (secondary N) is 1. The van der Waals surface area contributed by atoms with Gasteiger partial charge in [0.2, 0.25) is 11.3 Å². The van der Waals surface area contributed by atoms with Crippen molar-refractivity contribution in [3.63, 3.8) is 0 Å². The molecule has 0 atom stereocenters. The first-order chi connectivity index (χ1) is 17.3. The Morgan fingerprint density at radius 2 is 1.61 bits per heavy atom. The molecular weight excluding hydrogens is 458 g/mol. The monoisotopic (exact) mass is 485 g/mol. The van der Waals surface area contributed by atoms with Gasteiger partial charge in [0, 0.05) is 35.9 Å². The highest BCUT2D eigenvalue weighted by Gasteiger charge is 2.20. The van der Waals surface area contributed by atoms with E-state index in [0.717, 1.165) is 0 Å². The Hall–Kier alpha value is -4.46. The summed E-state index contributed by atoms with van der Waals surface area (Å²) in [7, 11) is 2.95. The predicted molar refractivity (Wildman–Crippen MR) is 138 cm³/mol. The number of anilines is 1. The first-order valence-electron chi connectivity index (χ1n) is 11.5. The molecule has 0 bridgehead atoms. The smallest absolute Gasteiger partial charge is 0.244 e. The van der Waals surface area contributed by atoms with Crippen LogP contribution in [0.1, 0.15) is 41.3 Å². The zero-order valence-electron chi connectivity index (χ0n) is 20.6. The van der Waals surface area contributed by atoms with Gasteiger partial charge in [0.25, 0.3) is 0 Å². The van der Waals surface area contributed by atoms with Gasteiger partial charge in [0.05, 0.1) is 30.7 Å². The molecule has 8 nitrogen and oxygen atoms in total. The average molecular weight is 486 g/mol. The molecule has 0 unspecified atom stereocenters. The topological polar surface area (TPSA) is 99.5 Å². The molecule has 36 heavy (non-hydrogen) atoms. The Bertz CT molecular complexity index is 1480. The maximum Gasteiger partial charge on any atom is 0.244 e. The van der Waals surface area contributed by atoms with Gasteiger partial charge in [-0.15, -0.1) is 0 Å². The fraction of sp³-hybridized carbons (Fsp3) is 0.214. The number of pyridine rings is 2. The highest BCUT2D eigenvalue weighted by atomic mass is 16.5. The predicted octanol–water partition coefficient (Wildman–Crippen LogP) is 4.41. The van der Waals surface area contributed by atoms with Crippen LogP contribution in [0.4, 0.5) is 5.69 Å². The molecule has 4 aromatic rings. The van der Waals surface area contributed by atoms with Gasteiger partial charge >= 0.3 is 0 Å². The van der Waals surface area contributed by atoms with Crippen LogP contribution < -0.4 is 20.2 Å². The molecule has 0 aliphatic rings. The molecule has 0 spiro atoms. The summed E-state index contributed by atoms with van der Waals surface area (Å²) < 4.78 is 12.3. The van der Waals surface area contributed by atoms with Crippen LogP contribution in [0.25, 0.3) is 10.9 Å². The molecule has 8 heteroatoms. The Kier molecular flexibility index (Phi) is 7.15. The summed E-state index contributed by atoms with van der Waals surface area (Å²) in [5.74, 6) is 0.352. The molecule has 2 aromatic heterocycles. The van der Waals surface area contributed by atoms with Crippen molar-refractivity contribution in [1.29, 1.82) is 0 Å². The van der Waals surface area contributed by atoms with Crippen LogP contribution in [0, 0.1) is 0 Å². The minimum atomic E-state index is -0.464. The van der Waals surface area contributed by atoms with Crippen molar-refractivity contribution in [3.8, 4) is 11.5 Å². The minimum Gasteiger partial charge on any atom is -0.493 e. The number of hydrogen-bond donors (Lipinski definition) is 1. The largest absolute Gasteiger partial charge is 0.493 e. The maximum atomic E-state index is 13.4. The second kappa shape index (κ2) is 10.4. The molecule has 184 valence electrons. The third-order valence-electron chi connectivity index (χ3n) is 5.95. The first-order valence-corrected chi connectivity index (χ1v) is 11.5. The van der Waals surface area contributed by atoms with Crippen molar-refractivity contribution >= 4 is 28.3 Å². The zero-order chi connectivity index (χ0) is 25.8. The lowest BCUT2D eigenvalue weighted by atomic mass is 10.0. The van der Waals surface area contributed by atoms with Gasteiger partial charge in [-0.05, 0) is 41.8 Å². The van der Waals surface area contributed by atoms with Crippen LogP contribution in [0.2, 0.25) is 0 Å². The van der Waals surface area contributed by atoms with Crippen LogP contribution in [-0.2, 0) is 11.3 Å². The van der Waals surface area contributed by atoms with Crippen molar-refractivity contribution in [2.75, 3.05) is 19.5 Å². The fourth-order valence-electron chi connectivity index (χ4n) is 3.97. The fourth-order valence-corrected chi connectivity index (χ4v) is 3.97. The number of benzene rings is 2. The lowest BCUT2D eigenvalue weighted by molar-refractivity contribution is -0.116. The SMILES string of the molecule is COc1cc2c(=O)c(C(=O)c3ccncc3)cn(CC(=O)Nc3ccc(C(C)C)cc3)c2cc1OC. The molecule has 1 amide bonds. The van der Waals surface area contributed by atoms with Crippen LogP contribution >= 0.6 is 0 Å². The number of methoxy groups -OCH3 is 2. The molecule has 0 saturated carbocycles. The van der Waals surface area contributed by atoms with Gasteiger partial charge in [0.15, 0.2) is 17.3 Å². The number of ketones is 1. The van der Waals surface area contributed by atoms with Gasteiger partial charge in [0.1, 0.15) is 6.54 Å². The van der Waals surface area contributed by atoms with Gasteiger partial charge < -0.3 is 19.4 Å². The van der Waals surface area contributed by atoms with Gasteiger partial charge in [-0.2, -0.15) is 0 Å². The van der Waals surface area contributed by atoms with Crippen molar-refractivity contribution in [2.24, 2.45) is 0 Å². The van der Waals surface area contributed by atoms with E-state index in [-0.39, 0.29) is 23.4 Å². The molecule has 0 radical (unpaired) electrons. The molecular formula is C28H27N3O5.